The minimum Gasteiger partial charge on any atom is -0.392 e. The topological polar surface area (TPSA) is 23.5 Å². The van der Waals surface area contributed by atoms with E-state index in [0.717, 1.165) is 12.1 Å². The molecule has 0 saturated carbocycles. The van der Waals surface area contributed by atoms with Gasteiger partial charge in [0.1, 0.15) is 0 Å². The highest BCUT2D eigenvalue weighted by Gasteiger charge is 2.14. The van der Waals surface area contributed by atoms with Crippen LogP contribution >= 0.6 is 0 Å². The lowest BCUT2D eigenvalue weighted by atomic mass is 9.95. The van der Waals surface area contributed by atoms with Gasteiger partial charge in [0, 0.05) is 12.5 Å². The highest BCUT2D eigenvalue weighted by atomic mass is 16.3. The summed E-state index contributed by atoms with van der Waals surface area (Å²) in [6, 6.07) is 8.08. The SMILES string of the molecule is CN(C)CC1=CC(c2ccccc2CO)C=C1. The van der Waals surface area contributed by atoms with Gasteiger partial charge in [-0.25, -0.2) is 0 Å². The van der Waals surface area contributed by atoms with Crippen molar-refractivity contribution >= 4 is 0 Å². The quantitative estimate of drug-likeness (QED) is 0.856. The van der Waals surface area contributed by atoms with Crippen LogP contribution in [0.15, 0.2) is 48.1 Å². The van der Waals surface area contributed by atoms with Crippen molar-refractivity contribution in [2.45, 2.75) is 12.5 Å². The maximum atomic E-state index is 9.34. The molecule has 0 heterocycles. The average Bonchev–Trinajstić information content (AvgIpc) is 2.76. The number of allylic oxidation sites excluding steroid dienone is 2. The minimum atomic E-state index is 0.108. The minimum absolute atomic E-state index is 0.108. The van der Waals surface area contributed by atoms with Crippen molar-refractivity contribution in [3.63, 3.8) is 0 Å². The van der Waals surface area contributed by atoms with Gasteiger partial charge in [-0.2, -0.15) is 0 Å². The predicted molar refractivity (Wildman–Crippen MR) is 70.9 cm³/mol. The molecular weight excluding hydrogens is 210 g/mol. The molecule has 0 radical (unpaired) electrons. The second-order valence-electron chi connectivity index (χ2n) is 4.72. The summed E-state index contributed by atoms with van der Waals surface area (Å²) in [4.78, 5) is 2.16. The summed E-state index contributed by atoms with van der Waals surface area (Å²) >= 11 is 0. The van der Waals surface area contributed by atoms with Crippen LogP contribution in [0.25, 0.3) is 0 Å². The fourth-order valence-electron chi connectivity index (χ4n) is 2.24. The van der Waals surface area contributed by atoms with Crippen LogP contribution in [-0.4, -0.2) is 30.6 Å². The standard InChI is InChI=1S/C15H19NO/c1-16(2)10-12-7-8-13(9-12)15-6-4-3-5-14(15)11-17/h3-9,13,17H,10-11H2,1-2H3. The normalized spacial score (nSPS) is 18.8. The maximum absolute atomic E-state index is 9.34. The molecule has 2 nitrogen and oxygen atoms in total. The highest BCUT2D eigenvalue weighted by Crippen LogP contribution is 2.29. The third kappa shape index (κ3) is 2.84. The van der Waals surface area contributed by atoms with Crippen LogP contribution in [0.4, 0.5) is 0 Å². The molecule has 1 N–H and O–H groups in total. The first-order chi connectivity index (χ1) is 8.20. The number of aliphatic hydroxyl groups is 1. The molecule has 90 valence electrons. The van der Waals surface area contributed by atoms with Crippen molar-refractivity contribution in [2.24, 2.45) is 0 Å². The number of aliphatic hydroxyl groups excluding tert-OH is 1. The van der Waals surface area contributed by atoms with Crippen molar-refractivity contribution in [2.75, 3.05) is 20.6 Å². The Morgan fingerprint density at radius 1 is 1.24 bits per heavy atom. The molecule has 1 aromatic carbocycles. The number of benzene rings is 1. The van der Waals surface area contributed by atoms with Gasteiger partial charge in [-0.15, -0.1) is 0 Å². The number of nitrogens with zero attached hydrogens (tertiary/aromatic N) is 1. The Hall–Kier alpha value is -1.38. The number of hydrogen-bond acceptors (Lipinski definition) is 2. The first kappa shape index (κ1) is 12.1. The predicted octanol–water partition coefficient (Wildman–Crippen LogP) is 2.32. The average molecular weight is 229 g/mol. The van der Waals surface area contributed by atoms with Gasteiger partial charge in [0.15, 0.2) is 0 Å². The van der Waals surface area contributed by atoms with Crippen LogP contribution in [0, 0.1) is 0 Å². The molecule has 2 heteroatoms. The summed E-state index contributed by atoms with van der Waals surface area (Å²) in [7, 11) is 4.15. The maximum Gasteiger partial charge on any atom is 0.0684 e. The fourth-order valence-corrected chi connectivity index (χ4v) is 2.24. The molecule has 1 aromatic rings. The highest BCUT2D eigenvalue weighted by molar-refractivity contribution is 5.43. The molecule has 1 aliphatic carbocycles. The van der Waals surface area contributed by atoms with E-state index in [-0.39, 0.29) is 6.61 Å². The van der Waals surface area contributed by atoms with Crippen molar-refractivity contribution < 1.29 is 5.11 Å². The van der Waals surface area contributed by atoms with Crippen LogP contribution in [0.2, 0.25) is 0 Å². The Bertz CT molecular complexity index is 446. The lowest BCUT2D eigenvalue weighted by molar-refractivity contribution is 0.280. The third-order valence-corrected chi connectivity index (χ3v) is 2.99. The van der Waals surface area contributed by atoms with E-state index in [1.54, 1.807) is 0 Å². The summed E-state index contributed by atoms with van der Waals surface area (Å²) in [5.41, 5.74) is 3.57. The van der Waals surface area contributed by atoms with E-state index in [1.165, 1.54) is 11.1 Å². The van der Waals surface area contributed by atoms with E-state index in [0.29, 0.717) is 5.92 Å². The second-order valence-corrected chi connectivity index (χ2v) is 4.72. The molecule has 0 aliphatic heterocycles. The summed E-state index contributed by atoms with van der Waals surface area (Å²) in [5.74, 6) is 0.313. The van der Waals surface area contributed by atoms with Gasteiger partial charge in [-0.3, -0.25) is 0 Å². The molecule has 0 spiro atoms. The van der Waals surface area contributed by atoms with Gasteiger partial charge in [-0.05, 0) is 30.8 Å². The van der Waals surface area contributed by atoms with Gasteiger partial charge in [0.2, 0.25) is 0 Å². The monoisotopic (exact) mass is 229 g/mol. The smallest absolute Gasteiger partial charge is 0.0684 e. The number of likely N-dealkylation sites (N-methyl/N-ethyl adjacent to an activating group) is 1. The van der Waals surface area contributed by atoms with Crippen LogP contribution < -0.4 is 0 Å². The summed E-state index contributed by atoms with van der Waals surface area (Å²) in [6.45, 7) is 1.08. The van der Waals surface area contributed by atoms with Gasteiger partial charge >= 0.3 is 0 Å². The van der Waals surface area contributed by atoms with Crippen LogP contribution in [0.1, 0.15) is 17.0 Å². The first-order valence-electron chi connectivity index (χ1n) is 5.93. The zero-order chi connectivity index (χ0) is 12.3. The van der Waals surface area contributed by atoms with Gasteiger partial charge in [-0.1, -0.05) is 42.5 Å². The number of rotatable bonds is 4. The fraction of sp³-hybridized carbons (Fsp3) is 0.333. The van der Waals surface area contributed by atoms with Gasteiger partial charge < -0.3 is 10.0 Å². The van der Waals surface area contributed by atoms with Crippen LogP contribution in [0.3, 0.4) is 0 Å². The Morgan fingerprint density at radius 3 is 2.71 bits per heavy atom. The summed E-state index contributed by atoms with van der Waals surface area (Å²) in [5, 5.41) is 9.34. The molecule has 17 heavy (non-hydrogen) atoms. The molecule has 2 rings (SSSR count). The van der Waals surface area contributed by atoms with E-state index in [1.807, 2.05) is 18.2 Å². The molecular formula is C15H19NO. The summed E-state index contributed by atoms with van der Waals surface area (Å²) in [6.07, 6.45) is 6.65. The second kappa shape index (κ2) is 5.30. The molecule has 0 amide bonds. The van der Waals surface area contributed by atoms with E-state index < -0.39 is 0 Å². The molecule has 0 bridgehead atoms. The van der Waals surface area contributed by atoms with Crippen molar-refractivity contribution in [1.82, 2.24) is 4.90 Å². The summed E-state index contributed by atoms with van der Waals surface area (Å²) < 4.78 is 0. The lowest BCUT2D eigenvalue weighted by Crippen LogP contribution is -2.13. The van der Waals surface area contributed by atoms with Crippen molar-refractivity contribution in [3.8, 4) is 0 Å². The molecule has 0 saturated heterocycles. The van der Waals surface area contributed by atoms with E-state index in [4.69, 9.17) is 0 Å². The Labute approximate surface area is 103 Å². The zero-order valence-corrected chi connectivity index (χ0v) is 10.4. The van der Waals surface area contributed by atoms with Crippen LogP contribution in [0.5, 0.6) is 0 Å². The molecule has 1 aliphatic rings. The lowest BCUT2D eigenvalue weighted by Gasteiger charge is -2.11. The van der Waals surface area contributed by atoms with Crippen molar-refractivity contribution in [3.05, 3.63) is 59.2 Å². The molecule has 1 atom stereocenters. The van der Waals surface area contributed by atoms with Crippen LogP contribution in [-0.2, 0) is 6.61 Å². The zero-order valence-electron chi connectivity index (χ0n) is 10.4. The van der Waals surface area contributed by atoms with Crippen molar-refractivity contribution in [1.29, 1.82) is 0 Å². The molecule has 0 fully saturated rings. The Morgan fingerprint density at radius 2 is 2.00 bits per heavy atom. The van der Waals surface area contributed by atoms with E-state index >= 15 is 0 Å². The number of hydrogen-bond donors (Lipinski definition) is 1. The first-order valence-corrected chi connectivity index (χ1v) is 5.93. The Balaban J connectivity index is 2.20. The largest absolute Gasteiger partial charge is 0.392 e. The van der Waals surface area contributed by atoms with E-state index in [2.05, 4.69) is 43.3 Å². The third-order valence-electron chi connectivity index (χ3n) is 2.99. The van der Waals surface area contributed by atoms with Gasteiger partial charge in [0.05, 0.1) is 6.61 Å². The Kier molecular flexibility index (Phi) is 3.77. The van der Waals surface area contributed by atoms with Gasteiger partial charge in [0.25, 0.3) is 0 Å². The van der Waals surface area contributed by atoms with E-state index in [9.17, 15) is 5.11 Å². The molecule has 0 aromatic heterocycles. The molecule has 1 unspecified atom stereocenters.